The van der Waals surface area contributed by atoms with Crippen molar-refractivity contribution in [1.82, 2.24) is 10.2 Å². The van der Waals surface area contributed by atoms with Crippen molar-refractivity contribution in [3.05, 3.63) is 22.5 Å². The van der Waals surface area contributed by atoms with Crippen LogP contribution in [0.4, 0.5) is 0 Å². The lowest BCUT2D eigenvalue weighted by Gasteiger charge is -2.29. The summed E-state index contributed by atoms with van der Waals surface area (Å²) in [5, 5.41) is 8.64. The highest BCUT2D eigenvalue weighted by atomic mass is 35.5. The first-order valence-corrected chi connectivity index (χ1v) is 7.41. The van der Waals surface area contributed by atoms with Gasteiger partial charge in [-0.3, -0.25) is 0 Å². The molecule has 2 nitrogen and oxygen atoms in total. The summed E-state index contributed by atoms with van der Waals surface area (Å²) in [6, 6.07) is 2.10. The Morgan fingerprint density at radius 1 is 1.17 bits per heavy atom. The van der Waals surface area contributed by atoms with Crippen molar-refractivity contribution >= 4 is 11.6 Å². The van der Waals surface area contributed by atoms with Crippen LogP contribution < -0.4 is 0 Å². The standard InChI is InChI=1S/C15H25ClN2/c1-5-7-8-9-10-15(4,6-2)13-11-12(3)17-18-14(13)16/h11H,5-10H2,1-4H3. The molecule has 0 radical (unpaired) electrons. The minimum atomic E-state index is 0.130. The lowest BCUT2D eigenvalue weighted by molar-refractivity contribution is 0.394. The number of nitrogens with zero attached hydrogens (tertiary/aromatic N) is 2. The second-order valence-corrected chi connectivity index (χ2v) is 5.77. The van der Waals surface area contributed by atoms with Crippen LogP contribution in [-0.4, -0.2) is 10.2 Å². The van der Waals surface area contributed by atoms with Crippen molar-refractivity contribution in [1.29, 1.82) is 0 Å². The van der Waals surface area contributed by atoms with E-state index in [4.69, 9.17) is 11.6 Å². The van der Waals surface area contributed by atoms with Crippen LogP contribution in [0.15, 0.2) is 6.07 Å². The smallest absolute Gasteiger partial charge is 0.154 e. The highest BCUT2D eigenvalue weighted by Crippen LogP contribution is 2.36. The molecule has 0 bridgehead atoms. The van der Waals surface area contributed by atoms with Crippen LogP contribution in [-0.2, 0) is 5.41 Å². The third kappa shape index (κ3) is 3.94. The predicted octanol–water partition coefficient (Wildman–Crippen LogP) is 5.08. The van der Waals surface area contributed by atoms with E-state index in [-0.39, 0.29) is 5.41 Å². The Morgan fingerprint density at radius 2 is 1.89 bits per heavy atom. The van der Waals surface area contributed by atoms with Crippen molar-refractivity contribution in [3.8, 4) is 0 Å². The molecule has 3 heteroatoms. The molecule has 1 heterocycles. The van der Waals surface area contributed by atoms with Crippen molar-refractivity contribution in [2.75, 3.05) is 0 Å². The van der Waals surface area contributed by atoms with Crippen LogP contribution in [0.5, 0.6) is 0 Å². The summed E-state index contributed by atoms with van der Waals surface area (Å²) < 4.78 is 0. The first-order chi connectivity index (χ1) is 8.53. The summed E-state index contributed by atoms with van der Waals surface area (Å²) in [5.74, 6) is 0. The van der Waals surface area contributed by atoms with Gasteiger partial charge in [-0.05, 0) is 36.8 Å². The van der Waals surface area contributed by atoms with E-state index in [9.17, 15) is 0 Å². The molecular weight excluding hydrogens is 244 g/mol. The summed E-state index contributed by atoms with van der Waals surface area (Å²) >= 11 is 6.23. The third-order valence-corrected chi connectivity index (χ3v) is 4.16. The van der Waals surface area contributed by atoms with Crippen molar-refractivity contribution in [2.45, 2.75) is 71.6 Å². The van der Waals surface area contributed by atoms with E-state index >= 15 is 0 Å². The molecule has 1 atom stereocenters. The lowest BCUT2D eigenvalue weighted by Crippen LogP contribution is -2.22. The minimum absolute atomic E-state index is 0.130. The topological polar surface area (TPSA) is 25.8 Å². The molecular formula is C15H25ClN2. The average Bonchev–Trinajstić information content (AvgIpc) is 2.37. The maximum absolute atomic E-state index is 6.23. The van der Waals surface area contributed by atoms with Gasteiger partial charge in [-0.15, -0.1) is 5.10 Å². The average molecular weight is 269 g/mol. The van der Waals surface area contributed by atoms with Crippen LogP contribution >= 0.6 is 11.6 Å². The molecule has 0 aliphatic heterocycles. The Labute approximate surface area is 116 Å². The molecule has 0 spiro atoms. The number of halogens is 1. The Morgan fingerprint density at radius 3 is 2.50 bits per heavy atom. The fraction of sp³-hybridized carbons (Fsp3) is 0.733. The number of rotatable bonds is 7. The van der Waals surface area contributed by atoms with Crippen LogP contribution in [0.3, 0.4) is 0 Å². The highest BCUT2D eigenvalue weighted by Gasteiger charge is 2.27. The Balaban J connectivity index is 2.82. The zero-order valence-corrected chi connectivity index (χ0v) is 12.8. The first-order valence-electron chi connectivity index (χ1n) is 7.03. The molecule has 1 aromatic heterocycles. The maximum Gasteiger partial charge on any atom is 0.155 e. The Hall–Kier alpha value is -0.630. The summed E-state index contributed by atoms with van der Waals surface area (Å²) in [5.41, 5.74) is 2.24. The van der Waals surface area contributed by atoms with Gasteiger partial charge in [0, 0.05) is 0 Å². The van der Waals surface area contributed by atoms with Gasteiger partial charge in [0.05, 0.1) is 5.69 Å². The van der Waals surface area contributed by atoms with Gasteiger partial charge >= 0.3 is 0 Å². The number of unbranched alkanes of at least 4 members (excludes halogenated alkanes) is 3. The lowest BCUT2D eigenvalue weighted by atomic mass is 9.76. The van der Waals surface area contributed by atoms with Crippen LogP contribution in [0, 0.1) is 6.92 Å². The molecule has 0 saturated carbocycles. The Bertz CT molecular complexity index is 379. The minimum Gasteiger partial charge on any atom is -0.154 e. The molecule has 0 aromatic carbocycles. The monoisotopic (exact) mass is 268 g/mol. The van der Waals surface area contributed by atoms with Gasteiger partial charge in [0.1, 0.15) is 0 Å². The van der Waals surface area contributed by atoms with Crippen molar-refractivity contribution in [2.24, 2.45) is 0 Å². The molecule has 0 saturated heterocycles. The number of hydrogen-bond donors (Lipinski definition) is 0. The first kappa shape index (κ1) is 15.4. The molecule has 0 amide bonds. The molecule has 0 aliphatic rings. The summed E-state index contributed by atoms with van der Waals surface area (Å²) in [4.78, 5) is 0. The van der Waals surface area contributed by atoms with Crippen LogP contribution in [0.2, 0.25) is 5.15 Å². The SMILES string of the molecule is CCCCCCC(C)(CC)c1cc(C)nnc1Cl. The van der Waals surface area contributed by atoms with E-state index in [0.29, 0.717) is 5.15 Å². The second-order valence-electron chi connectivity index (χ2n) is 5.42. The number of aromatic nitrogens is 2. The predicted molar refractivity (Wildman–Crippen MR) is 78.2 cm³/mol. The zero-order valence-electron chi connectivity index (χ0n) is 12.1. The molecule has 102 valence electrons. The van der Waals surface area contributed by atoms with Gasteiger partial charge in [-0.25, -0.2) is 0 Å². The van der Waals surface area contributed by atoms with Gasteiger partial charge in [0.15, 0.2) is 5.15 Å². The molecule has 18 heavy (non-hydrogen) atoms. The molecule has 1 rings (SSSR count). The second kappa shape index (κ2) is 7.08. The maximum atomic E-state index is 6.23. The largest absolute Gasteiger partial charge is 0.155 e. The fourth-order valence-corrected chi connectivity index (χ4v) is 2.66. The molecule has 0 N–H and O–H groups in total. The third-order valence-electron chi connectivity index (χ3n) is 3.88. The zero-order chi connectivity index (χ0) is 13.6. The van der Waals surface area contributed by atoms with E-state index < -0.39 is 0 Å². The van der Waals surface area contributed by atoms with Crippen LogP contribution in [0.25, 0.3) is 0 Å². The highest BCUT2D eigenvalue weighted by molar-refractivity contribution is 6.30. The van der Waals surface area contributed by atoms with Gasteiger partial charge in [0.25, 0.3) is 0 Å². The quantitative estimate of drug-likeness (QED) is 0.645. The van der Waals surface area contributed by atoms with Gasteiger partial charge in [-0.2, -0.15) is 5.10 Å². The summed E-state index contributed by atoms with van der Waals surface area (Å²) in [6.45, 7) is 8.74. The van der Waals surface area contributed by atoms with Crippen molar-refractivity contribution < 1.29 is 0 Å². The molecule has 1 unspecified atom stereocenters. The summed E-state index contributed by atoms with van der Waals surface area (Å²) in [6.07, 6.45) is 7.43. The fourth-order valence-electron chi connectivity index (χ4n) is 2.34. The number of aryl methyl sites for hydroxylation is 1. The van der Waals surface area contributed by atoms with Gasteiger partial charge < -0.3 is 0 Å². The molecule has 0 fully saturated rings. The molecule has 0 aliphatic carbocycles. The number of hydrogen-bond acceptors (Lipinski definition) is 2. The van der Waals surface area contributed by atoms with E-state index in [1.807, 2.05) is 6.92 Å². The van der Waals surface area contributed by atoms with Crippen LogP contribution in [0.1, 0.15) is 70.6 Å². The van der Waals surface area contributed by atoms with E-state index in [0.717, 1.165) is 17.7 Å². The normalized spacial score (nSPS) is 14.5. The van der Waals surface area contributed by atoms with E-state index in [1.165, 1.54) is 32.1 Å². The summed E-state index contributed by atoms with van der Waals surface area (Å²) in [7, 11) is 0. The Kier molecular flexibility index (Phi) is 6.07. The van der Waals surface area contributed by atoms with E-state index in [1.54, 1.807) is 0 Å². The van der Waals surface area contributed by atoms with E-state index in [2.05, 4.69) is 37.0 Å². The van der Waals surface area contributed by atoms with Gasteiger partial charge in [0.2, 0.25) is 0 Å². The molecule has 1 aromatic rings. The van der Waals surface area contributed by atoms with Crippen molar-refractivity contribution in [3.63, 3.8) is 0 Å². The van der Waals surface area contributed by atoms with Gasteiger partial charge in [-0.1, -0.05) is 58.1 Å².